The molecule has 0 atom stereocenters. The molecule has 38 heavy (non-hydrogen) atoms. The van der Waals surface area contributed by atoms with Crippen LogP contribution in [0, 0.1) is 13.8 Å². The van der Waals surface area contributed by atoms with Gasteiger partial charge in [0.15, 0.2) is 5.75 Å². The van der Waals surface area contributed by atoms with Crippen LogP contribution >= 0.6 is 0 Å². The zero-order valence-electron chi connectivity index (χ0n) is 20.9. The first-order valence-corrected chi connectivity index (χ1v) is 15.0. The summed E-state index contributed by atoms with van der Waals surface area (Å²) in [6.07, 6.45) is 0. The van der Waals surface area contributed by atoms with E-state index in [2.05, 4.69) is 0 Å². The number of benzene rings is 4. The molecule has 0 fully saturated rings. The standard InChI is InChI=1S/C25H23NO8S3.Na/c1-17-4-9-21(10-5-17)35(27,28)26(3)20-8-13-24-19(14-20)15-23(36(29,30)31)16-25(24)34-37(32,33)22-11-6-18(2)7-12-22;/h4-16H,1-3H3,(H,29,30,31);/q;+1/p-1. The van der Waals surface area contributed by atoms with Gasteiger partial charge in [0.2, 0.25) is 0 Å². The van der Waals surface area contributed by atoms with Gasteiger partial charge < -0.3 is 8.74 Å². The van der Waals surface area contributed by atoms with Crippen LogP contribution in [0.15, 0.2) is 93.5 Å². The quantitative estimate of drug-likeness (QED) is 0.178. The number of aryl methyl sites for hydroxylation is 2. The number of hydrogen-bond donors (Lipinski definition) is 0. The fourth-order valence-corrected chi connectivity index (χ4v) is 6.23. The third kappa shape index (κ3) is 6.23. The summed E-state index contributed by atoms with van der Waals surface area (Å²) < 4.78 is 93.7. The normalized spacial score (nSPS) is 12.1. The van der Waals surface area contributed by atoms with E-state index in [9.17, 15) is 29.8 Å². The molecule has 4 rings (SSSR count). The molecule has 0 aliphatic carbocycles. The van der Waals surface area contributed by atoms with E-state index in [1.807, 2.05) is 6.92 Å². The Morgan fingerprint density at radius 1 is 0.684 bits per heavy atom. The Hall–Kier alpha value is -2.45. The molecule has 4 aromatic rings. The Balaban J connectivity index is 0.00000400. The largest absolute Gasteiger partial charge is 1.00 e. The van der Waals surface area contributed by atoms with Crippen molar-refractivity contribution in [2.24, 2.45) is 0 Å². The second kappa shape index (κ2) is 11.0. The Kier molecular flexibility index (Phi) is 8.69. The minimum atomic E-state index is -5.01. The second-order valence-electron chi connectivity index (χ2n) is 8.42. The SMILES string of the molecule is Cc1ccc(S(=O)(=O)Oc2cc(S(=O)(=O)[O-])cc3cc(N(C)S(=O)(=O)c4ccc(C)cc4)ccc23)cc1.[Na+]. The van der Waals surface area contributed by atoms with Gasteiger partial charge in [-0.25, -0.2) is 16.8 Å². The Labute approximate surface area is 244 Å². The number of fused-ring (bicyclic) bond motifs is 1. The maximum absolute atomic E-state index is 13.1. The van der Waals surface area contributed by atoms with Crippen LogP contribution in [0.2, 0.25) is 0 Å². The van der Waals surface area contributed by atoms with Gasteiger partial charge in [-0.15, -0.1) is 0 Å². The fraction of sp³-hybridized carbons (Fsp3) is 0.120. The van der Waals surface area contributed by atoms with Crippen molar-refractivity contribution in [2.75, 3.05) is 11.4 Å². The smallest absolute Gasteiger partial charge is 0.744 e. The van der Waals surface area contributed by atoms with Crippen molar-refractivity contribution in [1.29, 1.82) is 0 Å². The van der Waals surface area contributed by atoms with Crippen LogP contribution in [0.4, 0.5) is 5.69 Å². The zero-order valence-corrected chi connectivity index (χ0v) is 25.4. The summed E-state index contributed by atoms with van der Waals surface area (Å²) in [5, 5.41) is 0.252. The summed E-state index contributed by atoms with van der Waals surface area (Å²) in [5.41, 5.74) is 1.86. The molecule has 0 spiro atoms. The third-order valence-corrected chi connectivity index (χ3v) is 9.57. The van der Waals surface area contributed by atoms with Crippen molar-refractivity contribution in [1.82, 2.24) is 0 Å². The minimum absolute atomic E-state index is 0. The van der Waals surface area contributed by atoms with Crippen LogP contribution < -0.4 is 38.0 Å². The summed E-state index contributed by atoms with van der Waals surface area (Å²) in [6, 6.07) is 18.1. The molecule has 0 heterocycles. The molecular formula is C25H22NNaO8S3. The van der Waals surface area contributed by atoms with Crippen LogP contribution in [0.3, 0.4) is 0 Å². The number of hydrogen-bond acceptors (Lipinski definition) is 8. The van der Waals surface area contributed by atoms with E-state index >= 15 is 0 Å². The zero-order chi connectivity index (χ0) is 27.2. The van der Waals surface area contributed by atoms with Crippen molar-refractivity contribution in [3.05, 3.63) is 90.0 Å². The van der Waals surface area contributed by atoms with Crippen molar-refractivity contribution in [2.45, 2.75) is 28.5 Å². The molecular weight excluding hydrogens is 561 g/mol. The van der Waals surface area contributed by atoms with E-state index in [4.69, 9.17) is 4.18 Å². The van der Waals surface area contributed by atoms with Gasteiger partial charge in [-0.1, -0.05) is 35.4 Å². The molecule has 0 aliphatic rings. The molecule has 0 unspecified atom stereocenters. The van der Waals surface area contributed by atoms with Gasteiger partial charge >= 0.3 is 39.7 Å². The third-order valence-electron chi connectivity index (χ3n) is 5.71. The van der Waals surface area contributed by atoms with E-state index < -0.39 is 35.2 Å². The molecule has 4 aromatic carbocycles. The number of sulfonamides is 1. The molecule has 13 heteroatoms. The van der Waals surface area contributed by atoms with E-state index in [0.717, 1.165) is 27.6 Å². The molecule has 9 nitrogen and oxygen atoms in total. The molecule has 0 radical (unpaired) electrons. The number of anilines is 1. The van der Waals surface area contributed by atoms with Crippen molar-refractivity contribution in [3.63, 3.8) is 0 Å². The van der Waals surface area contributed by atoms with Crippen LogP contribution in [-0.4, -0.2) is 36.9 Å². The van der Waals surface area contributed by atoms with Crippen LogP contribution in [0.25, 0.3) is 10.8 Å². The monoisotopic (exact) mass is 583 g/mol. The first kappa shape index (κ1) is 30.1. The molecule has 0 N–H and O–H groups in total. The maximum Gasteiger partial charge on any atom is 1.00 e. The molecule has 194 valence electrons. The summed E-state index contributed by atoms with van der Waals surface area (Å²) in [7, 11) is -12.0. The second-order valence-corrected chi connectivity index (χ2v) is 13.3. The molecule has 0 aliphatic heterocycles. The predicted octanol–water partition coefficient (Wildman–Crippen LogP) is 0.958. The molecule has 0 aromatic heterocycles. The van der Waals surface area contributed by atoms with Crippen molar-refractivity contribution < 1.29 is 63.5 Å². The summed E-state index contributed by atoms with van der Waals surface area (Å²) >= 11 is 0. The number of rotatable bonds is 7. The average molecular weight is 584 g/mol. The topological polar surface area (TPSA) is 138 Å². The van der Waals surface area contributed by atoms with Crippen molar-refractivity contribution >= 4 is 46.7 Å². The summed E-state index contributed by atoms with van der Waals surface area (Å²) in [6.45, 7) is 3.60. The van der Waals surface area contributed by atoms with Crippen LogP contribution in [0.5, 0.6) is 5.75 Å². The molecule has 0 amide bonds. The fourth-order valence-electron chi connectivity index (χ4n) is 3.58. The van der Waals surface area contributed by atoms with E-state index in [-0.39, 0.29) is 61.6 Å². The van der Waals surface area contributed by atoms with Gasteiger partial charge in [0.05, 0.1) is 15.5 Å². The molecule has 0 saturated heterocycles. The first-order chi connectivity index (χ1) is 17.2. The first-order valence-electron chi connectivity index (χ1n) is 10.8. The van der Waals surface area contributed by atoms with Gasteiger partial charge in [0, 0.05) is 18.5 Å². The van der Waals surface area contributed by atoms with Crippen LogP contribution in [-0.2, 0) is 30.3 Å². The Morgan fingerprint density at radius 3 is 1.74 bits per heavy atom. The van der Waals surface area contributed by atoms with E-state index in [1.54, 1.807) is 31.2 Å². The molecule has 0 bridgehead atoms. The molecule has 0 saturated carbocycles. The Bertz CT molecular complexity index is 1820. The van der Waals surface area contributed by atoms with Gasteiger partial charge in [0.25, 0.3) is 10.0 Å². The van der Waals surface area contributed by atoms with Gasteiger partial charge in [-0.05, 0) is 67.8 Å². The van der Waals surface area contributed by atoms with Gasteiger partial charge in [-0.2, -0.15) is 8.42 Å². The maximum atomic E-state index is 13.1. The Morgan fingerprint density at radius 2 is 1.21 bits per heavy atom. The van der Waals surface area contributed by atoms with Gasteiger partial charge in [0.1, 0.15) is 15.0 Å². The van der Waals surface area contributed by atoms with Crippen LogP contribution in [0.1, 0.15) is 11.1 Å². The summed E-state index contributed by atoms with van der Waals surface area (Å²) in [5.74, 6) is -0.386. The van der Waals surface area contributed by atoms with E-state index in [0.29, 0.717) is 0 Å². The summed E-state index contributed by atoms with van der Waals surface area (Å²) in [4.78, 5) is -0.845. The minimum Gasteiger partial charge on any atom is -0.744 e. The van der Waals surface area contributed by atoms with E-state index in [1.165, 1.54) is 49.5 Å². The van der Waals surface area contributed by atoms with Gasteiger partial charge in [-0.3, -0.25) is 4.31 Å². The average Bonchev–Trinajstić information content (AvgIpc) is 2.83. The number of nitrogens with zero attached hydrogens (tertiary/aromatic N) is 1. The predicted molar refractivity (Wildman–Crippen MR) is 138 cm³/mol. The van der Waals surface area contributed by atoms with Crippen molar-refractivity contribution in [3.8, 4) is 5.75 Å².